The molecule has 0 spiro atoms. The zero-order chi connectivity index (χ0) is 11.3. The summed E-state index contributed by atoms with van der Waals surface area (Å²) in [6, 6.07) is 6.19. The van der Waals surface area contributed by atoms with Gasteiger partial charge in [-0.25, -0.2) is 0 Å². The second kappa shape index (κ2) is 5.01. The molecule has 0 saturated carbocycles. The molecule has 4 nitrogen and oxygen atoms in total. The van der Waals surface area contributed by atoms with E-state index in [-0.39, 0.29) is 24.4 Å². The monoisotopic (exact) mass is 205 g/mol. The quantitative estimate of drug-likeness (QED) is 0.762. The van der Waals surface area contributed by atoms with E-state index in [0.29, 0.717) is 11.3 Å². The van der Waals surface area contributed by atoms with Crippen LogP contribution in [0.3, 0.4) is 0 Å². The van der Waals surface area contributed by atoms with E-state index >= 15 is 0 Å². The van der Waals surface area contributed by atoms with Crippen molar-refractivity contribution in [3.05, 3.63) is 23.8 Å². The maximum Gasteiger partial charge on any atom is 0.167 e. The summed E-state index contributed by atoms with van der Waals surface area (Å²) in [5.41, 5.74) is 0.394. The highest BCUT2D eigenvalue weighted by Crippen LogP contribution is 2.25. The minimum atomic E-state index is -0.159. The maximum atomic E-state index is 11.6. The summed E-state index contributed by atoms with van der Waals surface area (Å²) in [4.78, 5) is 11.6. The number of hydrogen-bond donors (Lipinski definition) is 1. The Morgan fingerprint density at radius 2 is 2.33 bits per heavy atom. The van der Waals surface area contributed by atoms with Gasteiger partial charge in [0.05, 0.1) is 18.7 Å². The van der Waals surface area contributed by atoms with E-state index in [0.717, 1.165) is 0 Å². The van der Waals surface area contributed by atoms with Crippen LogP contribution >= 0.6 is 0 Å². The molecule has 0 saturated heterocycles. The van der Waals surface area contributed by atoms with E-state index in [9.17, 15) is 9.90 Å². The Bertz CT molecular complexity index is 407. The molecule has 0 atom stereocenters. The molecule has 78 valence electrons. The van der Waals surface area contributed by atoms with Gasteiger partial charge in [0.2, 0.25) is 0 Å². The zero-order valence-corrected chi connectivity index (χ0v) is 8.36. The first-order valence-corrected chi connectivity index (χ1v) is 4.46. The van der Waals surface area contributed by atoms with Crippen LogP contribution in [-0.4, -0.2) is 18.0 Å². The van der Waals surface area contributed by atoms with E-state index in [2.05, 4.69) is 0 Å². The number of Topliss-reactive ketones (excluding diaryl/α,β-unsaturated/α-hetero) is 1. The maximum absolute atomic E-state index is 11.6. The Morgan fingerprint density at radius 3 is 2.93 bits per heavy atom. The highest BCUT2D eigenvalue weighted by atomic mass is 16.5. The van der Waals surface area contributed by atoms with Gasteiger partial charge in [-0.2, -0.15) is 5.26 Å². The fourth-order valence-corrected chi connectivity index (χ4v) is 1.21. The number of aromatic hydroxyl groups is 1. The lowest BCUT2D eigenvalue weighted by Crippen LogP contribution is -2.01. The van der Waals surface area contributed by atoms with Crippen molar-refractivity contribution < 1.29 is 14.6 Å². The molecule has 15 heavy (non-hydrogen) atoms. The number of benzene rings is 1. The number of carbonyl (C=O) groups is 1. The first-order chi connectivity index (χ1) is 7.19. The fourth-order valence-electron chi connectivity index (χ4n) is 1.21. The summed E-state index contributed by atoms with van der Waals surface area (Å²) in [6.07, 6.45) is 0.348. The second-order valence-electron chi connectivity index (χ2n) is 2.97. The number of phenolic OH excluding ortho intramolecular Hbond substituents is 1. The lowest BCUT2D eigenvalue weighted by Gasteiger charge is -2.06. The predicted molar refractivity (Wildman–Crippen MR) is 53.8 cm³/mol. The molecule has 0 unspecified atom stereocenters. The average Bonchev–Trinajstić information content (AvgIpc) is 2.25. The van der Waals surface area contributed by atoms with Crippen LogP contribution in [0.5, 0.6) is 11.5 Å². The van der Waals surface area contributed by atoms with Crippen molar-refractivity contribution in [3.8, 4) is 17.6 Å². The van der Waals surface area contributed by atoms with Crippen molar-refractivity contribution in [2.45, 2.75) is 12.8 Å². The number of rotatable bonds is 4. The van der Waals surface area contributed by atoms with E-state index in [4.69, 9.17) is 10.00 Å². The molecule has 1 aromatic carbocycles. The van der Waals surface area contributed by atoms with Gasteiger partial charge in [0.1, 0.15) is 11.5 Å². The van der Waals surface area contributed by atoms with Crippen molar-refractivity contribution in [3.63, 3.8) is 0 Å². The van der Waals surface area contributed by atoms with Crippen molar-refractivity contribution in [1.82, 2.24) is 0 Å². The molecule has 4 heteroatoms. The van der Waals surface area contributed by atoms with Crippen LogP contribution in [-0.2, 0) is 0 Å². The molecule has 0 aliphatic rings. The molecular formula is C11H11NO3. The van der Waals surface area contributed by atoms with E-state index in [1.165, 1.54) is 25.3 Å². The van der Waals surface area contributed by atoms with Gasteiger partial charge in [0, 0.05) is 18.9 Å². The van der Waals surface area contributed by atoms with Gasteiger partial charge in [0.25, 0.3) is 0 Å². The number of ketones is 1. The first-order valence-electron chi connectivity index (χ1n) is 4.46. The van der Waals surface area contributed by atoms with Gasteiger partial charge in [-0.1, -0.05) is 0 Å². The van der Waals surface area contributed by atoms with Crippen LogP contribution in [0.2, 0.25) is 0 Å². The Labute approximate surface area is 87.7 Å². The number of hydrogen-bond acceptors (Lipinski definition) is 4. The lowest BCUT2D eigenvalue weighted by atomic mass is 10.1. The molecule has 0 radical (unpaired) electrons. The van der Waals surface area contributed by atoms with Gasteiger partial charge >= 0.3 is 0 Å². The number of nitriles is 1. The van der Waals surface area contributed by atoms with Gasteiger partial charge in [-0.3, -0.25) is 4.79 Å². The van der Waals surface area contributed by atoms with Crippen molar-refractivity contribution in [2.24, 2.45) is 0 Å². The third-order valence-electron chi connectivity index (χ3n) is 1.95. The highest BCUT2D eigenvalue weighted by molar-refractivity contribution is 5.98. The third-order valence-corrected chi connectivity index (χ3v) is 1.95. The van der Waals surface area contributed by atoms with Crippen molar-refractivity contribution in [2.75, 3.05) is 7.11 Å². The van der Waals surface area contributed by atoms with Crippen LogP contribution < -0.4 is 4.74 Å². The normalized spacial score (nSPS) is 9.33. The Kier molecular flexibility index (Phi) is 3.69. The van der Waals surface area contributed by atoms with E-state index in [1.807, 2.05) is 6.07 Å². The summed E-state index contributed by atoms with van der Waals surface area (Å²) >= 11 is 0. The highest BCUT2D eigenvalue weighted by Gasteiger charge is 2.12. The fraction of sp³-hybridized carbons (Fsp3) is 0.273. The SMILES string of the molecule is COc1cc(O)ccc1C(=O)CCC#N. The van der Waals surface area contributed by atoms with Gasteiger partial charge in [-0.05, 0) is 12.1 Å². The van der Waals surface area contributed by atoms with E-state index < -0.39 is 0 Å². The lowest BCUT2D eigenvalue weighted by molar-refractivity contribution is 0.0981. The number of nitrogens with zero attached hydrogens (tertiary/aromatic N) is 1. The standard InChI is InChI=1S/C11H11NO3/c1-15-11-7-8(13)4-5-9(11)10(14)3-2-6-12/h4-5,7,13H,2-3H2,1H3. The summed E-state index contributed by atoms with van der Waals surface area (Å²) in [5, 5.41) is 17.5. The minimum Gasteiger partial charge on any atom is -0.508 e. The van der Waals surface area contributed by atoms with Gasteiger partial charge in [0.15, 0.2) is 5.78 Å². The van der Waals surface area contributed by atoms with Crippen LogP contribution in [0, 0.1) is 11.3 Å². The van der Waals surface area contributed by atoms with Crippen molar-refractivity contribution >= 4 is 5.78 Å². The summed E-state index contributed by atoms with van der Waals surface area (Å²) in [7, 11) is 1.43. The molecule has 0 heterocycles. The topological polar surface area (TPSA) is 70.3 Å². The largest absolute Gasteiger partial charge is 0.508 e. The zero-order valence-electron chi connectivity index (χ0n) is 8.36. The Morgan fingerprint density at radius 1 is 1.60 bits per heavy atom. The second-order valence-corrected chi connectivity index (χ2v) is 2.97. The molecule has 0 aliphatic carbocycles. The molecule has 0 amide bonds. The molecular weight excluding hydrogens is 194 g/mol. The number of phenols is 1. The molecule has 1 aromatic rings. The van der Waals surface area contributed by atoms with Crippen LogP contribution in [0.25, 0.3) is 0 Å². The predicted octanol–water partition coefficient (Wildman–Crippen LogP) is 1.89. The van der Waals surface area contributed by atoms with Gasteiger partial charge in [-0.15, -0.1) is 0 Å². The molecule has 0 aliphatic heterocycles. The number of methoxy groups -OCH3 is 1. The van der Waals surface area contributed by atoms with Crippen molar-refractivity contribution in [1.29, 1.82) is 5.26 Å². The summed E-state index contributed by atoms with van der Waals surface area (Å²) < 4.78 is 4.96. The smallest absolute Gasteiger partial charge is 0.167 e. The van der Waals surface area contributed by atoms with Crippen LogP contribution in [0.15, 0.2) is 18.2 Å². The molecule has 1 rings (SSSR count). The Hall–Kier alpha value is -2.02. The number of ether oxygens (including phenoxy) is 1. The summed E-state index contributed by atoms with van der Waals surface area (Å²) in [5.74, 6) is 0.218. The molecule has 0 aromatic heterocycles. The average molecular weight is 205 g/mol. The van der Waals surface area contributed by atoms with Crippen LogP contribution in [0.4, 0.5) is 0 Å². The summed E-state index contributed by atoms with van der Waals surface area (Å²) in [6.45, 7) is 0. The van der Waals surface area contributed by atoms with Crippen LogP contribution in [0.1, 0.15) is 23.2 Å². The molecule has 0 fully saturated rings. The minimum absolute atomic E-state index is 0.0451. The van der Waals surface area contributed by atoms with E-state index in [1.54, 1.807) is 0 Å². The molecule has 0 bridgehead atoms. The molecule has 1 N–H and O–H groups in total. The first kappa shape index (κ1) is 11.1. The Balaban J connectivity index is 2.93. The third kappa shape index (κ3) is 2.71. The van der Waals surface area contributed by atoms with Gasteiger partial charge < -0.3 is 9.84 Å². The number of carbonyl (C=O) groups excluding carboxylic acids is 1.